The Balaban J connectivity index is 2.07. The molecule has 18 heavy (non-hydrogen) atoms. The molecule has 0 aromatic heterocycles. The molecule has 0 bridgehead atoms. The Morgan fingerprint density at radius 3 is 3.00 bits per heavy atom. The maximum Gasteiger partial charge on any atom is 0.229 e. The van der Waals surface area contributed by atoms with Crippen LogP contribution in [0.3, 0.4) is 0 Å². The van der Waals surface area contributed by atoms with E-state index in [0.717, 1.165) is 25.1 Å². The molecule has 1 heterocycles. The summed E-state index contributed by atoms with van der Waals surface area (Å²) in [5.41, 5.74) is 7.43. The van der Waals surface area contributed by atoms with Crippen LogP contribution >= 0.6 is 0 Å². The lowest BCUT2D eigenvalue weighted by atomic mass is 9.99. The van der Waals surface area contributed by atoms with Gasteiger partial charge >= 0.3 is 0 Å². The van der Waals surface area contributed by atoms with Gasteiger partial charge in [0.05, 0.1) is 12.5 Å². The molecule has 2 N–H and O–H groups in total. The van der Waals surface area contributed by atoms with Gasteiger partial charge in [-0.25, -0.2) is 0 Å². The summed E-state index contributed by atoms with van der Waals surface area (Å²) in [7, 11) is 0. The fraction of sp³-hybridized carbons (Fsp3) is 0.500. The van der Waals surface area contributed by atoms with Crippen molar-refractivity contribution in [1.29, 1.82) is 0 Å². The number of hydrogen-bond donors (Lipinski definition) is 1. The van der Waals surface area contributed by atoms with Gasteiger partial charge in [-0.1, -0.05) is 12.1 Å². The maximum absolute atomic E-state index is 12.4. The van der Waals surface area contributed by atoms with Crippen LogP contribution in [0, 0.1) is 0 Å². The molecular weight excluding hydrogens is 228 g/mol. The van der Waals surface area contributed by atoms with Crippen LogP contribution in [0.15, 0.2) is 24.3 Å². The maximum atomic E-state index is 12.4. The summed E-state index contributed by atoms with van der Waals surface area (Å²) < 4.78 is 5.37. The molecule has 0 saturated carbocycles. The van der Waals surface area contributed by atoms with E-state index in [1.54, 1.807) is 0 Å². The van der Waals surface area contributed by atoms with Crippen LogP contribution in [0.2, 0.25) is 0 Å². The third-order valence-electron chi connectivity index (χ3n) is 3.32. The van der Waals surface area contributed by atoms with Crippen LogP contribution < -0.4 is 5.73 Å². The van der Waals surface area contributed by atoms with E-state index >= 15 is 0 Å². The van der Waals surface area contributed by atoms with Gasteiger partial charge in [-0.15, -0.1) is 0 Å². The van der Waals surface area contributed by atoms with E-state index in [4.69, 9.17) is 10.5 Å². The number of nitrogens with two attached hydrogens (primary N) is 1. The van der Waals surface area contributed by atoms with Crippen LogP contribution in [0.25, 0.3) is 0 Å². The molecule has 0 radical (unpaired) electrons. The van der Waals surface area contributed by atoms with E-state index in [0.29, 0.717) is 18.8 Å². The zero-order chi connectivity index (χ0) is 13.0. The summed E-state index contributed by atoms with van der Waals surface area (Å²) >= 11 is 0. The summed E-state index contributed by atoms with van der Waals surface area (Å²) in [6.07, 6.45) is 0.912. The van der Waals surface area contributed by atoms with Gasteiger partial charge in [-0.2, -0.15) is 0 Å². The Morgan fingerprint density at radius 1 is 1.39 bits per heavy atom. The minimum absolute atomic E-state index is 0.147. The molecule has 1 atom stereocenters. The highest BCUT2D eigenvalue weighted by Crippen LogP contribution is 2.20. The highest BCUT2D eigenvalue weighted by atomic mass is 16.5. The van der Waals surface area contributed by atoms with Gasteiger partial charge in [0, 0.05) is 25.4 Å². The lowest BCUT2D eigenvalue weighted by Crippen LogP contribution is -2.36. The number of amides is 1. The number of nitrogen functional groups attached to an aromatic ring is 1. The number of hydrogen-bond acceptors (Lipinski definition) is 3. The Morgan fingerprint density at radius 2 is 2.22 bits per heavy atom. The zero-order valence-corrected chi connectivity index (χ0v) is 10.8. The Kier molecular flexibility index (Phi) is 4.20. The third kappa shape index (κ3) is 3.01. The largest absolute Gasteiger partial charge is 0.399 e. The first kappa shape index (κ1) is 12.9. The standard InChI is InChI=1S/C14H20N2O2/c1-11(12-4-2-5-13(15)10-12)14(17)16-6-3-8-18-9-7-16/h2,4-5,10-11H,3,6-9,15H2,1H3. The minimum Gasteiger partial charge on any atom is -0.399 e. The highest BCUT2D eigenvalue weighted by Gasteiger charge is 2.22. The second-order valence-corrected chi connectivity index (χ2v) is 4.68. The lowest BCUT2D eigenvalue weighted by molar-refractivity contribution is -0.132. The van der Waals surface area contributed by atoms with Crippen molar-refractivity contribution >= 4 is 11.6 Å². The molecule has 1 amide bonds. The molecule has 4 heteroatoms. The van der Waals surface area contributed by atoms with Crippen LogP contribution in [-0.4, -0.2) is 37.1 Å². The van der Waals surface area contributed by atoms with Gasteiger partial charge in [-0.05, 0) is 31.0 Å². The molecule has 1 saturated heterocycles. The zero-order valence-electron chi connectivity index (χ0n) is 10.8. The van der Waals surface area contributed by atoms with Gasteiger partial charge in [0.2, 0.25) is 5.91 Å². The molecule has 1 aliphatic rings. The Labute approximate surface area is 108 Å². The smallest absolute Gasteiger partial charge is 0.229 e. The second-order valence-electron chi connectivity index (χ2n) is 4.68. The highest BCUT2D eigenvalue weighted by molar-refractivity contribution is 5.83. The van der Waals surface area contributed by atoms with E-state index in [9.17, 15) is 4.79 Å². The molecular formula is C14H20N2O2. The van der Waals surface area contributed by atoms with Crippen molar-refractivity contribution in [3.05, 3.63) is 29.8 Å². The summed E-state index contributed by atoms with van der Waals surface area (Å²) in [5.74, 6) is 0.0118. The molecule has 4 nitrogen and oxygen atoms in total. The van der Waals surface area contributed by atoms with Gasteiger partial charge in [-0.3, -0.25) is 4.79 Å². The van der Waals surface area contributed by atoms with Crippen molar-refractivity contribution in [2.45, 2.75) is 19.3 Å². The third-order valence-corrected chi connectivity index (χ3v) is 3.32. The van der Waals surface area contributed by atoms with Crippen molar-refractivity contribution < 1.29 is 9.53 Å². The SMILES string of the molecule is CC(C(=O)N1CCCOCC1)c1cccc(N)c1. The summed E-state index contributed by atoms with van der Waals surface area (Å²) in [6.45, 7) is 4.78. The summed E-state index contributed by atoms with van der Waals surface area (Å²) in [6, 6.07) is 7.55. The number of rotatable bonds is 2. The molecule has 98 valence electrons. The first-order valence-corrected chi connectivity index (χ1v) is 6.40. The van der Waals surface area contributed by atoms with E-state index in [2.05, 4.69) is 0 Å². The molecule has 0 aliphatic carbocycles. The molecule has 1 unspecified atom stereocenters. The summed E-state index contributed by atoms with van der Waals surface area (Å²) in [5, 5.41) is 0. The minimum atomic E-state index is -0.147. The molecule has 1 aromatic carbocycles. The monoisotopic (exact) mass is 248 g/mol. The topological polar surface area (TPSA) is 55.6 Å². The molecule has 1 fully saturated rings. The normalized spacial score (nSPS) is 18.2. The van der Waals surface area contributed by atoms with Crippen molar-refractivity contribution in [1.82, 2.24) is 4.90 Å². The predicted octanol–water partition coefficient (Wildman–Crippen LogP) is 1.62. The summed E-state index contributed by atoms with van der Waals surface area (Å²) in [4.78, 5) is 14.3. The van der Waals surface area contributed by atoms with E-state index < -0.39 is 0 Å². The number of ether oxygens (including phenoxy) is 1. The number of carbonyl (C=O) groups excluding carboxylic acids is 1. The number of benzene rings is 1. The van der Waals surface area contributed by atoms with Crippen LogP contribution in [0.4, 0.5) is 5.69 Å². The van der Waals surface area contributed by atoms with E-state index in [1.807, 2.05) is 36.1 Å². The first-order chi connectivity index (χ1) is 8.68. The fourth-order valence-corrected chi connectivity index (χ4v) is 2.21. The first-order valence-electron chi connectivity index (χ1n) is 6.40. The van der Waals surface area contributed by atoms with E-state index in [-0.39, 0.29) is 11.8 Å². The Hall–Kier alpha value is -1.55. The molecule has 0 spiro atoms. The van der Waals surface area contributed by atoms with Gasteiger partial charge in [0.15, 0.2) is 0 Å². The fourth-order valence-electron chi connectivity index (χ4n) is 2.21. The van der Waals surface area contributed by atoms with Crippen LogP contribution in [0.1, 0.15) is 24.8 Å². The van der Waals surface area contributed by atoms with Gasteiger partial charge in [0.25, 0.3) is 0 Å². The van der Waals surface area contributed by atoms with Crippen LogP contribution in [-0.2, 0) is 9.53 Å². The van der Waals surface area contributed by atoms with Gasteiger partial charge in [0.1, 0.15) is 0 Å². The molecule has 1 aromatic rings. The van der Waals surface area contributed by atoms with Crippen molar-refractivity contribution in [2.75, 3.05) is 32.0 Å². The lowest BCUT2D eigenvalue weighted by Gasteiger charge is -2.23. The van der Waals surface area contributed by atoms with E-state index in [1.165, 1.54) is 0 Å². The predicted molar refractivity (Wildman–Crippen MR) is 71.3 cm³/mol. The average molecular weight is 248 g/mol. The van der Waals surface area contributed by atoms with Crippen molar-refractivity contribution in [2.24, 2.45) is 0 Å². The number of anilines is 1. The number of carbonyl (C=O) groups is 1. The quantitative estimate of drug-likeness (QED) is 0.809. The second kappa shape index (κ2) is 5.87. The van der Waals surface area contributed by atoms with Crippen molar-refractivity contribution in [3.63, 3.8) is 0 Å². The average Bonchev–Trinajstić information content (AvgIpc) is 2.66. The molecule has 2 rings (SSSR count). The molecule has 1 aliphatic heterocycles. The van der Waals surface area contributed by atoms with Crippen LogP contribution in [0.5, 0.6) is 0 Å². The van der Waals surface area contributed by atoms with Gasteiger partial charge < -0.3 is 15.4 Å². The van der Waals surface area contributed by atoms with Crippen molar-refractivity contribution in [3.8, 4) is 0 Å². The Bertz CT molecular complexity index is 412. The number of nitrogens with zero attached hydrogens (tertiary/aromatic N) is 1.